The molecule has 1 atom stereocenters. The largest absolute Gasteiger partial charge is 0.468 e. The predicted octanol–water partition coefficient (Wildman–Crippen LogP) is 2.50. The summed E-state index contributed by atoms with van der Waals surface area (Å²) >= 11 is 0. The van der Waals surface area contributed by atoms with Crippen LogP contribution in [0.5, 0.6) is 0 Å². The van der Waals surface area contributed by atoms with Crippen LogP contribution >= 0.6 is 0 Å². The lowest BCUT2D eigenvalue weighted by Gasteiger charge is -2.30. The maximum atomic E-state index is 11.7. The topological polar surface area (TPSA) is 38.3 Å². The van der Waals surface area contributed by atoms with Crippen LogP contribution in [0.15, 0.2) is 0 Å². The summed E-state index contributed by atoms with van der Waals surface area (Å²) in [6, 6.07) is 0.288. The van der Waals surface area contributed by atoms with Crippen molar-refractivity contribution >= 4 is 5.97 Å². The standard InChI is InChI=1S/C12H25NO2/c1-6-7-8-9-12(4,11(14)15-5)13-10(2)3/h10,13H,6-9H2,1-5H3. The molecular formula is C12H25NO2. The Balaban J connectivity index is 4.33. The molecule has 0 radical (unpaired) electrons. The molecule has 0 fully saturated rings. The molecule has 0 saturated heterocycles. The van der Waals surface area contributed by atoms with Gasteiger partial charge in [0.1, 0.15) is 5.54 Å². The van der Waals surface area contributed by atoms with Crippen molar-refractivity contribution in [2.45, 2.75) is 65.0 Å². The van der Waals surface area contributed by atoms with Crippen molar-refractivity contribution in [3.8, 4) is 0 Å². The monoisotopic (exact) mass is 215 g/mol. The first kappa shape index (κ1) is 14.4. The number of carbonyl (C=O) groups excluding carboxylic acids is 1. The SMILES string of the molecule is CCCCCC(C)(NC(C)C)C(=O)OC. The Kier molecular flexibility index (Phi) is 6.57. The molecule has 1 unspecified atom stereocenters. The number of esters is 1. The Morgan fingerprint density at radius 2 is 2.00 bits per heavy atom. The minimum absolute atomic E-state index is 0.160. The molecule has 0 aromatic carbocycles. The normalized spacial score (nSPS) is 15.1. The van der Waals surface area contributed by atoms with Crippen LogP contribution in [0.1, 0.15) is 53.4 Å². The van der Waals surface area contributed by atoms with Gasteiger partial charge in [-0.3, -0.25) is 10.1 Å². The molecule has 0 rings (SSSR count). The second-order valence-corrected chi connectivity index (χ2v) is 4.58. The van der Waals surface area contributed by atoms with Crippen LogP contribution in [-0.4, -0.2) is 24.7 Å². The number of nitrogens with one attached hydrogen (secondary N) is 1. The van der Waals surface area contributed by atoms with Gasteiger partial charge in [-0.25, -0.2) is 0 Å². The number of hydrogen-bond acceptors (Lipinski definition) is 3. The number of carbonyl (C=O) groups is 1. The van der Waals surface area contributed by atoms with Gasteiger partial charge in [0.25, 0.3) is 0 Å². The van der Waals surface area contributed by atoms with Crippen LogP contribution in [0, 0.1) is 0 Å². The Bertz CT molecular complexity index is 192. The molecule has 0 heterocycles. The van der Waals surface area contributed by atoms with Crippen molar-refractivity contribution in [2.75, 3.05) is 7.11 Å². The Labute approximate surface area is 93.6 Å². The predicted molar refractivity (Wildman–Crippen MR) is 62.8 cm³/mol. The van der Waals surface area contributed by atoms with E-state index in [1.54, 1.807) is 0 Å². The molecule has 0 aromatic rings. The molecule has 0 aromatic heterocycles. The molecular weight excluding hydrogens is 190 g/mol. The molecule has 0 aliphatic heterocycles. The van der Waals surface area contributed by atoms with Gasteiger partial charge in [0, 0.05) is 6.04 Å². The molecule has 90 valence electrons. The Morgan fingerprint density at radius 1 is 1.40 bits per heavy atom. The molecule has 3 nitrogen and oxygen atoms in total. The maximum absolute atomic E-state index is 11.7. The fourth-order valence-corrected chi connectivity index (χ4v) is 1.82. The quantitative estimate of drug-likeness (QED) is 0.524. The summed E-state index contributed by atoms with van der Waals surface area (Å²) in [6.45, 7) is 8.17. The van der Waals surface area contributed by atoms with E-state index in [1.165, 1.54) is 13.5 Å². The first-order valence-corrected chi connectivity index (χ1v) is 5.82. The molecule has 15 heavy (non-hydrogen) atoms. The third kappa shape index (κ3) is 5.17. The van der Waals surface area contributed by atoms with E-state index < -0.39 is 5.54 Å². The Hall–Kier alpha value is -0.570. The van der Waals surface area contributed by atoms with Crippen molar-refractivity contribution in [2.24, 2.45) is 0 Å². The fourth-order valence-electron chi connectivity index (χ4n) is 1.82. The van der Waals surface area contributed by atoms with Crippen LogP contribution in [0.3, 0.4) is 0 Å². The molecule has 0 amide bonds. The molecule has 0 aliphatic rings. The van der Waals surface area contributed by atoms with E-state index in [0.29, 0.717) is 0 Å². The van der Waals surface area contributed by atoms with E-state index >= 15 is 0 Å². The average molecular weight is 215 g/mol. The van der Waals surface area contributed by atoms with Crippen LogP contribution in [-0.2, 0) is 9.53 Å². The van der Waals surface area contributed by atoms with E-state index in [4.69, 9.17) is 4.74 Å². The van der Waals surface area contributed by atoms with Gasteiger partial charge in [0.15, 0.2) is 0 Å². The summed E-state index contributed by atoms with van der Waals surface area (Å²) < 4.78 is 4.85. The zero-order valence-electron chi connectivity index (χ0n) is 10.7. The van der Waals surface area contributed by atoms with Gasteiger partial charge in [-0.2, -0.15) is 0 Å². The summed E-state index contributed by atoms with van der Waals surface area (Å²) in [6.07, 6.45) is 4.22. The van der Waals surface area contributed by atoms with Crippen LogP contribution in [0.2, 0.25) is 0 Å². The summed E-state index contributed by atoms with van der Waals surface area (Å²) in [5.41, 5.74) is -0.530. The van der Waals surface area contributed by atoms with Gasteiger partial charge in [0.05, 0.1) is 7.11 Å². The Morgan fingerprint density at radius 3 is 2.40 bits per heavy atom. The highest BCUT2D eigenvalue weighted by molar-refractivity contribution is 5.80. The number of methoxy groups -OCH3 is 1. The molecule has 1 N–H and O–H groups in total. The molecule has 3 heteroatoms. The number of ether oxygens (including phenoxy) is 1. The maximum Gasteiger partial charge on any atom is 0.325 e. The third-order valence-corrected chi connectivity index (χ3v) is 2.52. The van der Waals surface area contributed by atoms with Crippen molar-refractivity contribution in [3.05, 3.63) is 0 Å². The van der Waals surface area contributed by atoms with Gasteiger partial charge in [-0.1, -0.05) is 26.2 Å². The second-order valence-electron chi connectivity index (χ2n) is 4.58. The van der Waals surface area contributed by atoms with E-state index in [-0.39, 0.29) is 12.0 Å². The number of rotatable bonds is 7. The zero-order chi connectivity index (χ0) is 11.9. The summed E-state index contributed by atoms with van der Waals surface area (Å²) in [5, 5.41) is 3.29. The lowest BCUT2D eigenvalue weighted by molar-refractivity contribution is -0.148. The second kappa shape index (κ2) is 6.83. The minimum Gasteiger partial charge on any atom is -0.468 e. The van der Waals surface area contributed by atoms with Gasteiger partial charge in [-0.05, 0) is 27.2 Å². The summed E-state index contributed by atoms with van der Waals surface area (Å²) in [5.74, 6) is -0.160. The average Bonchev–Trinajstić information content (AvgIpc) is 2.15. The van der Waals surface area contributed by atoms with Gasteiger partial charge < -0.3 is 4.74 Å². The third-order valence-electron chi connectivity index (χ3n) is 2.52. The molecule has 0 bridgehead atoms. The summed E-state index contributed by atoms with van der Waals surface area (Å²) in [7, 11) is 1.45. The first-order valence-electron chi connectivity index (χ1n) is 5.82. The van der Waals surface area contributed by atoms with Gasteiger partial charge in [0.2, 0.25) is 0 Å². The highest BCUT2D eigenvalue weighted by atomic mass is 16.5. The minimum atomic E-state index is -0.530. The first-order chi connectivity index (χ1) is 6.96. The van der Waals surface area contributed by atoms with E-state index in [2.05, 4.69) is 12.2 Å². The van der Waals surface area contributed by atoms with E-state index in [1.807, 2.05) is 20.8 Å². The van der Waals surface area contributed by atoms with Crippen LogP contribution in [0.4, 0.5) is 0 Å². The lowest BCUT2D eigenvalue weighted by Crippen LogP contribution is -2.52. The van der Waals surface area contributed by atoms with Crippen molar-refractivity contribution in [3.63, 3.8) is 0 Å². The fraction of sp³-hybridized carbons (Fsp3) is 0.917. The van der Waals surface area contributed by atoms with Crippen molar-refractivity contribution in [1.29, 1.82) is 0 Å². The van der Waals surface area contributed by atoms with Gasteiger partial charge in [-0.15, -0.1) is 0 Å². The van der Waals surface area contributed by atoms with Crippen molar-refractivity contribution in [1.82, 2.24) is 5.32 Å². The molecule has 0 saturated carbocycles. The van der Waals surface area contributed by atoms with Crippen LogP contribution < -0.4 is 5.32 Å². The number of hydrogen-bond donors (Lipinski definition) is 1. The zero-order valence-corrected chi connectivity index (χ0v) is 10.7. The van der Waals surface area contributed by atoms with E-state index in [0.717, 1.165) is 19.3 Å². The van der Waals surface area contributed by atoms with E-state index in [9.17, 15) is 4.79 Å². The smallest absolute Gasteiger partial charge is 0.325 e. The van der Waals surface area contributed by atoms with Gasteiger partial charge >= 0.3 is 5.97 Å². The number of unbranched alkanes of at least 4 members (excludes halogenated alkanes) is 2. The summed E-state index contributed by atoms with van der Waals surface area (Å²) in [4.78, 5) is 11.7. The van der Waals surface area contributed by atoms with Crippen molar-refractivity contribution < 1.29 is 9.53 Å². The molecule has 0 spiro atoms. The highest BCUT2D eigenvalue weighted by Crippen LogP contribution is 2.17. The molecule has 0 aliphatic carbocycles. The lowest BCUT2D eigenvalue weighted by atomic mass is 9.93. The highest BCUT2D eigenvalue weighted by Gasteiger charge is 2.33. The van der Waals surface area contributed by atoms with Crippen LogP contribution in [0.25, 0.3) is 0 Å².